The number of aliphatic imine (C=N–C) groups is 1. The summed E-state index contributed by atoms with van der Waals surface area (Å²) < 4.78 is 27.5. The lowest BCUT2D eigenvalue weighted by Crippen LogP contribution is -2.34. The van der Waals surface area contributed by atoms with Crippen molar-refractivity contribution in [2.45, 2.75) is 13.3 Å². The Bertz CT molecular complexity index is 953. The fraction of sp³-hybridized carbons (Fsp3) is 0.286. The molecule has 0 radical (unpaired) electrons. The zero-order chi connectivity index (χ0) is 21.0. The van der Waals surface area contributed by atoms with E-state index in [1.165, 1.54) is 11.6 Å². The molecule has 0 saturated heterocycles. The van der Waals surface area contributed by atoms with Crippen LogP contribution >= 0.6 is 11.8 Å². The molecular weight excluding hydrogens is 394 g/mol. The molecule has 0 unspecified atom stereocenters. The third kappa shape index (κ3) is 4.64. The Hall–Kier alpha value is -2.74. The SMILES string of the molecule is CN=C(SC)N1CCC(C)=C(c2ccc(NC(=O)c3c(F)cccc3F)nc2)C1. The summed E-state index contributed by atoms with van der Waals surface area (Å²) in [5.74, 6) is -2.47. The minimum atomic E-state index is -0.913. The number of nitrogens with one attached hydrogen (secondary N) is 1. The van der Waals surface area contributed by atoms with Crippen molar-refractivity contribution < 1.29 is 13.6 Å². The molecule has 0 spiro atoms. The van der Waals surface area contributed by atoms with Crippen molar-refractivity contribution in [3.05, 3.63) is 64.9 Å². The van der Waals surface area contributed by atoms with Crippen LogP contribution in [0.3, 0.4) is 0 Å². The third-order valence-corrected chi connectivity index (χ3v) is 5.61. The molecule has 1 aromatic heterocycles. The van der Waals surface area contributed by atoms with E-state index in [1.54, 1.807) is 31.1 Å². The monoisotopic (exact) mass is 416 g/mol. The molecule has 0 bridgehead atoms. The summed E-state index contributed by atoms with van der Waals surface area (Å²) in [5.41, 5.74) is 2.77. The number of amides is 1. The van der Waals surface area contributed by atoms with Crippen LogP contribution < -0.4 is 5.32 Å². The number of hydrogen-bond donors (Lipinski definition) is 1. The number of anilines is 1. The van der Waals surface area contributed by atoms with Crippen molar-refractivity contribution in [3.8, 4) is 0 Å². The van der Waals surface area contributed by atoms with E-state index in [2.05, 4.69) is 27.1 Å². The lowest BCUT2D eigenvalue weighted by atomic mass is 9.96. The lowest BCUT2D eigenvalue weighted by molar-refractivity contribution is 0.101. The third-order valence-electron chi connectivity index (χ3n) is 4.81. The first-order valence-electron chi connectivity index (χ1n) is 9.10. The number of hydrogen-bond acceptors (Lipinski definition) is 4. The molecular formula is C21H22F2N4OS. The van der Waals surface area contributed by atoms with E-state index in [9.17, 15) is 13.6 Å². The van der Waals surface area contributed by atoms with Crippen LogP contribution in [0.2, 0.25) is 0 Å². The molecule has 2 aromatic rings. The molecule has 1 amide bonds. The van der Waals surface area contributed by atoms with Gasteiger partial charge in [-0.25, -0.2) is 13.8 Å². The largest absolute Gasteiger partial charge is 0.347 e. The van der Waals surface area contributed by atoms with Gasteiger partial charge in [-0.2, -0.15) is 0 Å². The highest BCUT2D eigenvalue weighted by molar-refractivity contribution is 8.13. The lowest BCUT2D eigenvalue weighted by Gasteiger charge is -2.31. The van der Waals surface area contributed by atoms with Crippen molar-refractivity contribution in [2.75, 3.05) is 31.7 Å². The summed E-state index contributed by atoms with van der Waals surface area (Å²) in [6.07, 6.45) is 4.60. The zero-order valence-corrected chi connectivity index (χ0v) is 17.3. The molecule has 1 aliphatic rings. The van der Waals surface area contributed by atoms with Crippen molar-refractivity contribution in [2.24, 2.45) is 4.99 Å². The minimum Gasteiger partial charge on any atom is -0.347 e. The van der Waals surface area contributed by atoms with Gasteiger partial charge in [0, 0.05) is 26.3 Å². The van der Waals surface area contributed by atoms with Gasteiger partial charge in [-0.05, 0) is 55.0 Å². The van der Waals surface area contributed by atoms with E-state index >= 15 is 0 Å². The molecule has 2 heterocycles. The molecule has 1 N–H and O–H groups in total. The van der Waals surface area contributed by atoms with E-state index in [0.29, 0.717) is 0 Å². The summed E-state index contributed by atoms with van der Waals surface area (Å²) in [4.78, 5) is 23.0. The van der Waals surface area contributed by atoms with Crippen molar-refractivity contribution in [1.29, 1.82) is 0 Å². The number of carbonyl (C=O) groups excluding carboxylic acids is 1. The van der Waals surface area contributed by atoms with E-state index in [-0.39, 0.29) is 5.82 Å². The summed E-state index contributed by atoms with van der Waals surface area (Å²) in [5, 5.41) is 3.43. The number of aromatic nitrogens is 1. The molecule has 5 nitrogen and oxygen atoms in total. The molecule has 0 fully saturated rings. The maximum atomic E-state index is 13.8. The Morgan fingerprint density at radius 2 is 1.97 bits per heavy atom. The standard InChI is InChI=1S/C21H22F2N4OS/c1-13-9-10-27(21(24-2)29-3)12-15(13)14-7-8-18(25-11-14)26-20(28)19-16(22)5-4-6-17(19)23/h4-8,11H,9-10,12H2,1-3H3,(H,25,26,28). The van der Waals surface area contributed by atoms with E-state index in [1.807, 2.05) is 12.3 Å². The van der Waals surface area contributed by atoms with Crippen LogP contribution in [0.1, 0.15) is 29.3 Å². The van der Waals surface area contributed by atoms with Crippen molar-refractivity contribution in [1.82, 2.24) is 9.88 Å². The van der Waals surface area contributed by atoms with Crippen LogP contribution in [-0.2, 0) is 0 Å². The Balaban J connectivity index is 1.77. The van der Waals surface area contributed by atoms with Gasteiger partial charge in [0.15, 0.2) is 5.17 Å². The average molecular weight is 416 g/mol. The minimum absolute atomic E-state index is 0.229. The summed E-state index contributed by atoms with van der Waals surface area (Å²) in [6, 6.07) is 6.78. The molecule has 1 aromatic carbocycles. The topological polar surface area (TPSA) is 57.6 Å². The highest BCUT2D eigenvalue weighted by atomic mass is 32.2. The number of thioether (sulfide) groups is 1. The smallest absolute Gasteiger partial charge is 0.262 e. The van der Waals surface area contributed by atoms with E-state index in [4.69, 9.17) is 0 Å². The zero-order valence-electron chi connectivity index (χ0n) is 16.5. The number of nitrogens with zero attached hydrogens (tertiary/aromatic N) is 3. The fourth-order valence-corrected chi connectivity index (χ4v) is 3.86. The summed E-state index contributed by atoms with van der Waals surface area (Å²) in [6.45, 7) is 3.75. The first kappa shape index (κ1) is 21.0. The normalized spacial score (nSPS) is 14.9. The van der Waals surface area contributed by atoms with Gasteiger partial charge in [-0.3, -0.25) is 9.79 Å². The highest BCUT2D eigenvalue weighted by Crippen LogP contribution is 2.28. The second-order valence-corrected chi connectivity index (χ2v) is 7.40. The van der Waals surface area contributed by atoms with Gasteiger partial charge in [0.05, 0.1) is 0 Å². The van der Waals surface area contributed by atoms with Crippen molar-refractivity contribution in [3.63, 3.8) is 0 Å². The van der Waals surface area contributed by atoms with Crippen LogP contribution in [0.25, 0.3) is 5.57 Å². The van der Waals surface area contributed by atoms with Gasteiger partial charge in [0.2, 0.25) is 0 Å². The van der Waals surface area contributed by atoms with Gasteiger partial charge in [0.25, 0.3) is 5.91 Å². The Kier molecular flexibility index (Phi) is 6.64. The van der Waals surface area contributed by atoms with E-state index in [0.717, 1.165) is 47.9 Å². The average Bonchev–Trinajstić information content (AvgIpc) is 2.70. The summed E-state index contributed by atoms with van der Waals surface area (Å²) >= 11 is 1.61. The fourth-order valence-electron chi connectivity index (χ4n) is 3.26. The maximum absolute atomic E-state index is 13.8. The number of amidine groups is 1. The Morgan fingerprint density at radius 3 is 2.55 bits per heavy atom. The Labute approximate surface area is 172 Å². The van der Waals surface area contributed by atoms with Crippen LogP contribution in [-0.4, -0.2) is 47.4 Å². The van der Waals surface area contributed by atoms with Crippen LogP contribution in [0.5, 0.6) is 0 Å². The first-order valence-corrected chi connectivity index (χ1v) is 10.3. The van der Waals surface area contributed by atoms with Gasteiger partial charge >= 0.3 is 0 Å². The number of carbonyl (C=O) groups is 1. The van der Waals surface area contributed by atoms with Crippen molar-refractivity contribution >= 4 is 34.2 Å². The van der Waals surface area contributed by atoms with E-state index < -0.39 is 23.1 Å². The predicted molar refractivity (Wildman–Crippen MR) is 114 cm³/mol. The molecule has 1 aliphatic heterocycles. The second-order valence-electron chi connectivity index (χ2n) is 6.62. The van der Waals surface area contributed by atoms with Gasteiger partial charge in [-0.15, -0.1) is 0 Å². The molecule has 0 aliphatic carbocycles. The quantitative estimate of drug-likeness (QED) is 0.594. The highest BCUT2D eigenvalue weighted by Gasteiger charge is 2.21. The number of benzene rings is 1. The van der Waals surface area contributed by atoms with Crippen LogP contribution in [0, 0.1) is 11.6 Å². The Morgan fingerprint density at radius 1 is 1.24 bits per heavy atom. The molecule has 3 rings (SSSR count). The van der Waals surface area contributed by atoms with Crippen LogP contribution in [0.15, 0.2) is 47.1 Å². The van der Waals surface area contributed by atoms with Gasteiger partial charge < -0.3 is 10.2 Å². The van der Waals surface area contributed by atoms with Gasteiger partial charge in [0.1, 0.15) is 23.0 Å². The van der Waals surface area contributed by atoms with Gasteiger partial charge in [-0.1, -0.05) is 23.4 Å². The number of rotatable bonds is 3. The maximum Gasteiger partial charge on any atom is 0.262 e. The molecule has 29 heavy (non-hydrogen) atoms. The predicted octanol–water partition coefficient (Wildman–Crippen LogP) is 4.44. The molecule has 0 saturated carbocycles. The second kappa shape index (κ2) is 9.17. The number of pyridine rings is 1. The first-order chi connectivity index (χ1) is 13.9. The molecule has 0 atom stereocenters. The van der Waals surface area contributed by atoms with Crippen LogP contribution in [0.4, 0.5) is 14.6 Å². The molecule has 8 heteroatoms. The molecule has 152 valence electrons. The number of halogens is 2. The summed E-state index contributed by atoms with van der Waals surface area (Å²) in [7, 11) is 1.79.